The van der Waals surface area contributed by atoms with Crippen molar-refractivity contribution in [2.75, 3.05) is 39.6 Å². The Kier molecular flexibility index (Phi) is 23.8. The Labute approximate surface area is 324 Å². The zero-order valence-electron chi connectivity index (χ0n) is 33.6. The minimum atomic E-state index is -1.34. The smallest absolute Gasteiger partial charge is 0.309 e. The molecule has 11 nitrogen and oxygen atoms in total. The topological polar surface area (TPSA) is 152 Å². The first-order chi connectivity index (χ1) is 26.0. The maximum atomic E-state index is 13.0. The van der Waals surface area contributed by atoms with Crippen LogP contribution in [0.25, 0.3) is 0 Å². The molecule has 3 saturated carbocycles. The number of unbranched alkanes of at least 4 members (excludes halogenated alkanes) is 8. The average Bonchev–Trinajstić information content (AvgIpc) is 3.67. The lowest BCUT2D eigenvalue weighted by Gasteiger charge is -2.34. The van der Waals surface area contributed by atoms with Gasteiger partial charge in [0.1, 0.15) is 19.8 Å². The molecule has 3 rings (SSSR count). The molecule has 0 aromatic rings. The van der Waals surface area contributed by atoms with Crippen molar-refractivity contribution in [1.82, 2.24) is 0 Å². The molecule has 0 aromatic carbocycles. The van der Waals surface area contributed by atoms with Crippen LogP contribution in [0.1, 0.15) is 156 Å². The van der Waals surface area contributed by atoms with Crippen LogP contribution < -0.4 is 0 Å². The third-order valence-corrected chi connectivity index (χ3v) is 10.4. The molecule has 54 heavy (non-hydrogen) atoms. The molecule has 2 bridgehead atoms. The number of rotatable bonds is 32. The van der Waals surface area contributed by atoms with Crippen LogP contribution in [0.5, 0.6) is 0 Å². The van der Waals surface area contributed by atoms with Gasteiger partial charge < -0.3 is 28.8 Å². The van der Waals surface area contributed by atoms with E-state index in [1.807, 2.05) is 12.2 Å². The Hall–Kier alpha value is -3.21. The van der Waals surface area contributed by atoms with Crippen molar-refractivity contribution in [2.24, 2.45) is 22.7 Å². The van der Waals surface area contributed by atoms with Gasteiger partial charge in [0.05, 0.1) is 31.2 Å². The van der Waals surface area contributed by atoms with E-state index in [1.54, 1.807) is 0 Å². The van der Waals surface area contributed by atoms with E-state index in [4.69, 9.17) is 23.7 Å². The van der Waals surface area contributed by atoms with Crippen LogP contribution in [-0.2, 0) is 47.7 Å². The monoisotopic (exact) mass is 762 g/mol. The second kappa shape index (κ2) is 27.4. The normalized spacial score (nSPS) is 19.1. The summed E-state index contributed by atoms with van der Waals surface area (Å²) in [6, 6.07) is 0. The summed E-state index contributed by atoms with van der Waals surface area (Å²) in [6.07, 6.45) is 23.8. The van der Waals surface area contributed by atoms with Gasteiger partial charge in [0.25, 0.3) is 0 Å². The first-order valence-electron chi connectivity index (χ1n) is 20.8. The predicted molar refractivity (Wildman–Crippen MR) is 206 cm³/mol. The molecule has 1 atom stereocenters. The van der Waals surface area contributed by atoms with Crippen molar-refractivity contribution in [3.05, 3.63) is 24.3 Å². The van der Waals surface area contributed by atoms with Gasteiger partial charge in [-0.1, -0.05) is 70.8 Å². The summed E-state index contributed by atoms with van der Waals surface area (Å²) < 4.78 is 27.2. The molecular formula is C43H70O11. The zero-order valence-corrected chi connectivity index (χ0v) is 33.6. The Morgan fingerprint density at radius 2 is 0.981 bits per heavy atom. The summed E-state index contributed by atoms with van der Waals surface area (Å²) in [5.41, 5.74) is -1.16. The van der Waals surface area contributed by atoms with Crippen molar-refractivity contribution in [3.8, 4) is 0 Å². The van der Waals surface area contributed by atoms with Crippen LogP contribution >= 0.6 is 0 Å². The van der Waals surface area contributed by atoms with Crippen LogP contribution in [0.4, 0.5) is 0 Å². The number of esters is 5. The van der Waals surface area contributed by atoms with Crippen LogP contribution in [0.15, 0.2) is 24.3 Å². The molecule has 11 heteroatoms. The molecule has 0 radical (unpaired) electrons. The molecule has 308 valence electrons. The van der Waals surface area contributed by atoms with E-state index in [0.717, 1.165) is 44.9 Å². The van der Waals surface area contributed by atoms with Gasteiger partial charge in [-0.2, -0.15) is 0 Å². The van der Waals surface area contributed by atoms with Crippen molar-refractivity contribution in [2.45, 2.75) is 156 Å². The zero-order chi connectivity index (χ0) is 39.5. The van der Waals surface area contributed by atoms with Gasteiger partial charge in [-0.15, -0.1) is 0 Å². The van der Waals surface area contributed by atoms with E-state index in [9.17, 15) is 29.1 Å². The van der Waals surface area contributed by atoms with Gasteiger partial charge in [0.15, 0.2) is 0 Å². The Morgan fingerprint density at radius 1 is 0.574 bits per heavy atom. The van der Waals surface area contributed by atoms with Crippen LogP contribution in [0.2, 0.25) is 0 Å². The van der Waals surface area contributed by atoms with E-state index in [1.165, 1.54) is 25.7 Å². The molecule has 3 aliphatic rings. The number of hydrogen-bond acceptors (Lipinski definition) is 11. The predicted octanol–water partition coefficient (Wildman–Crippen LogP) is 8.29. The van der Waals surface area contributed by atoms with Gasteiger partial charge in [-0.3, -0.25) is 24.0 Å². The quantitative estimate of drug-likeness (QED) is 0.0305. The highest BCUT2D eigenvalue weighted by atomic mass is 16.6. The highest BCUT2D eigenvalue weighted by Crippen LogP contribution is 2.61. The van der Waals surface area contributed by atoms with Crippen molar-refractivity contribution < 1.29 is 52.8 Å². The first-order valence-corrected chi connectivity index (χ1v) is 20.8. The summed E-state index contributed by atoms with van der Waals surface area (Å²) in [5, 5.41) is 10.5. The fourth-order valence-electron chi connectivity index (χ4n) is 7.03. The minimum absolute atomic E-state index is 0.0510. The lowest BCUT2D eigenvalue weighted by Crippen LogP contribution is -2.43. The van der Waals surface area contributed by atoms with Crippen LogP contribution in [0, 0.1) is 22.7 Å². The number of aliphatic hydroxyl groups is 1. The third-order valence-electron chi connectivity index (χ3n) is 10.4. The summed E-state index contributed by atoms with van der Waals surface area (Å²) in [4.78, 5) is 62.4. The number of carbonyl (C=O) groups is 5. The standard InChI is InChI=1S/C43H70O11/c1-4-6-8-10-12-14-20-26-50-37(45)22-16-18-24-39(47)52-32-43(31-44,34-54-41(49)36-30-42(3)28-35(36)29-42)33-53-40(48)25-19-17-23-38(46)51-27-21-15-13-11-9-7-5-2/h12-15,35-36,44H,4-11,16-34H2,1-3H3/b14-12-,15-13-/t35?,36-,42?/m1/s1. The molecule has 1 N–H and O–H groups in total. The third kappa shape index (κ3) is 19.9. The molecule has 0 amide bonds. The van der Waals surface area contributed by atoms with E-state index in [-0.39, 0.29) is 74.7 Å². The fraction of sp³-hybridized carbons (Fsp3) is 0.791. The largest absolute Gasteiger partial charge is 0.465 e. The van der Waals surface area contributed by atoms with Gasteiger partial charge in [0, 0.05) is 25.7 Å². The lowest BCUT2D eigenvalue weighted by molar-refractivity contribution is -0.168. The molecule has 0 unspecified atom stereocenters. The van der Waals surface area contributed by atoms with Gasteiger partial charge >= 0.3 is 29.8 Å². The summed E-state index contributed by atoms with van der Waals surface area (Å²) in [7, 11) is 0. The molecule has 0 aliphatic heterocycles. The number of carbonyl (C=O) groups excluding carboxylic acids is 5. The SMILES string of the molecule is CCCCC/C=C\CCOC(=O)CCCCC(=O)OCC(CO)(COC(=O)CCCCC(=O)OCC/C=C\CCCCC)COC(=O)[C@@H]1CC2(C)CC1C2. The molecule has 0 heterocycles. The Morgan fingerprint density at radius 3 is 1.37 bits per heavy atom. The lowest BCUT2D eigenvalue weighted by atomic mass is 9.71. The molecular weight excluding hydrogens is 692 g/mol. The summed E-state index contributed by atoms with van der Waals surface area (Å²) in [5.74, 6) is -1.94. The Bertz CT molecular complexity index is 1110. The molecule has 3 fully saturated rings. The maximum absolute atomic E-state index is 13.0. The first kappa shape index (κ1) is 46.9. The van der Waals surface area contributed by atoms with E-state index < -0.39 is 24.0 Å². The maximum Gasteiger partial charge on any atom is 0.309 e. The Balaban J connectivity index is 1.73. The number of ether oxygens (including phenoxy) is 5. The molecule has 0 aromatic heterocycles. The second-order valence-corrected chi connectivity index (χ2v) is 15.7. The second-order valence-electron chi connectivity index (χ2n) is 15.7. The van der Waals surface area contributed by atoms with Crippen molar-refractivity contribution in [1.29, 1.82) is 0 Å². The molecule has 0 spiro atoms. The highest BCUT2D eigenvalue weighted by Gasteiger charge is 2.56. The average molecular weight is 763 g/mol. The number of aliphatic hydroxyl groups excluding tert-OH is 1. The highest BCUT2D eigenvalue weighted by molar-refractivity contribution is 5.74. The molecule has 3 aliphatic carbocycles. The minimum Gasteiger partial charge on any atom is -0.465 e. The van der Waals surface area contributed by atoms with Crippen LogP contribution in [0.3, 0.4) is 0 Å². The van der Waals surface area contributed by atoms with Crippen LogP contribution in [-0.4, -0.2) is 74.6 Å². The van der Waals surface area contributed by atoms with Gasteiger partial charge in [-0.25, -0.2) is 0 Å². The summed E-state index contributed by atoms with van der Waals surface area (Å²) in [6.45, 7) is 5.71. The van der Waals surface area contributed by atoms with E-state index >= 15 is 0 Å². The van der Waals surface area contributed by atoms with E-state index in [0.29, 0.717) is 57.7 Å². The van der Waals surface area contributed by atoms with Gasteiger partial charge in [-0.05, 0) is 94.8 Å². The summed E-state index contributed by atoms with van der Waals surface area (Å²) >= 11 is 0. The van der Waals surface area contributed by atoms with E-state index in [2.05, 4.69) is 32.9 Å². The molecule has 0 saturated heterocycles. The number of hydrogen-bond donors (Lipinski definition) is 1. The number of fused-ring (bicyclic) bond motifs is 1. The van der Waals surface area contributed by atoms with Crippen molar-refractivity contribution >= 4 is 29.8 Å². The van der Waals surface area contributed by atoms with Crippen molar-refractivity contribution in [3.63, 3.8) is 0 Å². The fourth-order valence-corrected chi connectivity index (χ4v) is 7.03. The van der Waals surface area contributed by atoms with Gasteiger partial charge in [0.2, 0.25) is 0 Å². The number of allylic oxidation sites excluding steroid dienone is 2.